The van der Waals surface area contributed by atoms with E-state index in [9.17, 15) is 4.79 Å². The van der Waals surface area contributed by atoms with Crippen molar-refractivity contribution in [2.24, 2.45) is 5.92 Å². The van der Waals surface area contributed by atoms with Crippen LogP contribution in [-0.2, 0) is 9.53 Å². The molecule has 17 heavy (non-hydrogen) atoms. The number of hydrogen-bond acceptors (Lipinski definition) is 2. The number of halogens is 1. The van der Waals surface area contributed by atoms with E-state index in [1.165, 1.54) is 19.3 Å². The highest BCUT2D eigenvalue weighted by molar-refractivity contribution is 9.09. The molecule has 1 amide bonds. The highest BCUT2D eigenvalue weighted by atomic mass is 79.9. The normalized spacial score (nSPS) is 31.5. The van der Waals surface area contributed by atoms with Crippen molar-refractivity contribution < 1.29 is 9.53 Å². The number of hydrogen-bond donors (Lipinski definition) is 0. The van der Waals surface area contributed by atoms with Crippen molar-refractivity contribution in [3.05, 3.63) is 0 Å². The third-order valence-electron chi connectivity index (χ3n) is 3.76. The first-order chi connectivity index (χ1) is 8.20. The van der Waals surface area contributed by atoms with E-state index in [0.717, 1.165) is 31.3 Å². The zero-order valence-electron chi connectivity index (χ0n) is 10.5. The molecule has 2 aliphatic rings. The molecule has 3 nitrogen and oxygen atoms in total. The molecule has 0 aromatic carbocycles. The van der Waals surface area contributed by atoms with Gasteiger partial charge < -0.3 is 9.64 Å². The fourth-order valence-electron chi connectivity index (χ4n) is 2.92. The Balaban J connectivity index is 1.93. The molecular weight excluding hydrogens is 282 g/mol. The molecule has 1 heterocycles. The molecule has 2 unspecified atom stereocenters. The Bertz CT molecular complexity index is 266. The molecule has 1 saturated carbocycles. The van der Waals surface area contributed by atoms with Crippen molar-refractivity contribution in [1.29, 1.82) is 0 Å². The molecule has 2 atom stereocenters. The number of ether oxygens (including phenoxy) is 1. The van der Waals surface area contributed by atoms with Gasteiger partial charge in [0.15, 0.2) is 0 Å². The van der Waals surface area contributed by atoms with Gasteiger partial charge >= 0.3 is 0 Å². The highest BCUT2D eigenvalue weighted by Gasteiger charge is 2.32. The SMILES string of the molecule is CC1CN(C(=O)C2CCCCC2)CC(CBr)O1. The lowest BCUT2D eigenvalue weighted by atomic mass is 9.88. The van der Waals surface area contributed by atoms with Crippen LogP contribution in [0.2, 0.25) is 0 Å². The van der Waals surface area contributed by atoms with E-state index >= 15 is 0 Å². The number of alkyl halides is 1. The molecule has 2 rings (SSSR count). The average molecular weight is 304 g/mol. The summed E-state index contributed by atoms with van der Waals surface area (Å²) >= 11 is 3.45. The molecular formula is C13H22BrNO2. The van der Waals surface area contributed by atoms with Crippen LogP contribution in [-0.4, -0.2) is 41.4 Å². The predicted molar refractivity (Wildman–Crippen MR) is 71.3 cm³/mol. The summed E-state index contributed by atoms with van der Waals surface area (Å²) in [5.41, 5.74) is 0. The summed E-state index contributed by atoms with van der Waals surface area (Å²) in [6.07, 6.45) is 6.24. The number of carbonyl (C=O) groups is 1. The fourth-order valence-corrected chi connectivity index (χ4v) is 3.28. The van der Waals surface area contributed by atoms with Gasteiger partial charge in [-0.3, -0.25) is 4.79 Å². The van der Waals surface area contributed by atoms with E-state index in [2.05, 4.69) is 22.9 Å². The van der Waals surface area contributed by atoms with E-state index in [-0.39, 0.29) is 18.1 Å². The van der Waals surface area contributed by atoms with Gasteiger partial charge in [0.05, 0.1) is 12.2 Å². The standard InChI is InChI=1S/C13H22BrNO2/c1-10-8-15(9-12(7-14)17-10)13(16)11-5-3-2-4-6-11/h10-12H,2-9H2,1H3. The summed E-state index contributed by atoms with van der Waals surface area (Å²) in [5.74, 6) is 0.649. The highest BCUT2D eigenvalue weighted by Crippen LogP contribution is 2.26. The fraction of sp³-hybridized carbons (Fsp3) is 0.923. The molecule has 0 aromatic rings. The first kappa shape index (κ1) is 13.3. The van der Waals surface area contributed by atoms with Gasteiger partial charge in [-0.25, -0.2) is 0 Å². The van der Waals surface area contributed by atoms with Gasteiger partial charge in [0.2, 0.25) is 5.91 Å². The zero-order chi connectivity index (χ0) is 12.3. The van der Waals surface area contributed by atoms with Crippen LogP contribution in [0.25, 0.3) is 0 Å². The summed E-state index contributed by atoms with van der Waals surface area (Å²) in [6, 6.07) is 0. The monoisotopic (exact) mass is 303 g/mol. The van der Waals surface area contributed by atoms with Crippen LogP contribution >= 0.6 is 15.9 Å². The summed E-state index contributed by atoms with van der Waals surface area (Å²) in [6.45, 7) is 3.57. The minimum Gasteiger partial charge on any atom is -0.371 e. The van der Waals surface area contributed by atoms with Crippen molar-refractivity contribution in [2.45, 2.75) is 51.2 Å². The molecule has 0 radical (unpaired) electrons. The van der Waals surface area contributed by atoms with E-state index in [1.54, 1.807) is 0 Å². The molecule has 0 bridgehead atoms. The van der Waals surface area contributed by atoms with Crippen molar-refractivity contribution in [3.63, 3.8) is 0 Å². The number of rotatable bonds is 2. The molecule has 98 valence electrons. The Morgan fingerprint density at radius 3 is 2.65 bits per heavy atom. The van der Waals surface area contributed by atoms with Crippen LogP contribution < -0.4 is 0 Å². The second-order valence-corrected chi connectivity index (χ2v) is 5.95. The minimum absolute atomic E-state index is 0.159. The Labute approximate surface area is 112 Å². The average Bonchev–Trinajstić information content (AvgIpc) is 2.38. The summed E-state index contributed by atoms with van der Waals surface area (Å²) in [4.78, 5) is 14.4. The third kappa shape index (κ3) is 3.44. The van der Waals surface area contributed by atoms with Gasteiger partial charge in [0.25, 0.3) is 0 Å². The van der Waals surface area contributed by atoms with Gasteiger partial charge in [0.1, 0.15) is 0 Å². The second-order valence-electron chi connectivity index (χ2n) is 5.30. The Morgan fingerprint density at radius 1 is 1.29 bits per heavy atom. The van der Waals surface area contributed by atoms with Crippen molar-refractivity contribution in [3.8, 4) is 0 Å². The van der Waals surface area contributed by atoms with E-state index < -0.39 is 0 Å². The van der Waals surface area contributed by atoms with E-state index in [0.29, 0.717) is 5.91 Å². The molecule has 0 spiro atoms. The second kappa shape index (κ2) is 6.19. The maximum atomic E-state index is 12.4. The Hall–Kier alpha value is -0.0900. The zero-order valence-corrected chi connectivity index (χ0v) is 12.1. The van der Waals surface area contributed by atoms with Gasteiger partial charge in [0, 0.05) is 24.3 Å². The molecule has 0 N–H and O–H groups in total. The maximum Gasteiger partial charge on any atom is 0.225 e. The third-order valence-corrected chi connectivity index (χ3v) is 4.49. The van der Waals surface area contributed by atoms with Crippen LogP contribution in [0, 0.1) is 5.92 Å². The van der Waals surface area contributed by atoms with Crippen molar-refractivity contribution >= 4 is 21.8 Å². The Morgan fingerprint density at radius 2 is 2.00 bits per heavy atom. The Kier molecular flexibility index (Phi) is 4.86. The van der Waals surface area contributed by atoms with Crippen molar-refractivity contribution in [2.75, 3.05) is 18.4 Å². The maximum absolute atomic E-state index is 12.4. The van der Waals surface area contributed by atoms with Gasteiger partial charge in [-0.2, -0.15) is 0 Å². The molecule has 0 aromatic heterocycles. The van der Waals surface area contributed by atoms with Crippen molar-refractivity contribution in [1.82, 2.24) is 4.90 Å². The smallest absolute Gasteiger partial charge is 0.225 e. The summed E-state index contributed by atoms with van der Waals surface area (Å²) < 4.78 is 5.76. The first-order valence-electron chi connectivity index (χ1n) is 6.71. The molecule has 1 aliphatic heterocycles. The van der Waals surface area contributed by atoms with E-state index in [4.69, 9.17) is 4.74 Å². The first-order valence-corrected chi connectivity index (χ1v) is 7.83. The largest absolute Gasteiger partial charge is 0.371 e. The minimum atomic E-state index is 0.159. The lowest BCUT2D eigenvalue weighted by Gasteiger charge is -2.38. The number of amides is 1. The lowest BCUT2D eigenvalue weighted by molar-refractivity contribution is -0.148. The molecule has 1 aliphatic carbocycles. The number of morpholine rings is 1. The van der Waals surface area contributed by atoms with Gasteiger partial charge in [-0.1, -0.05) is 35.2 Å². The molecule has 1 saturated heterocycles. The number of nitrogens with zero attached hydrogens (tertiary/aromatic N) is 1. The summed E-state index contributed by atoms with van der Waals surface area (Å²) in [7, 11) is 0. The van der Waals surface area contributed by atoms with Crippen LogP contribution in [0.1, 0.15) is 39.0 Å². The molecule has 2 fully saturated rings. The van der Waals surface area contributed by atoms with E-state index in [1.807, 2.05) is 4.90 Å². The van der Waals surface area contributed by atoms with Gasteiger partial charge in [-0.15, -0.1) is 0 Å². The number of carbonyl (C=O) groups excluding carboxylic acids is 1. The van der Waals surface area contributed by atoms with Crippen LogP contribution in [0.15, 0.2) is 0 Å². The van der Waals surface area contributed by atoms with Crippen LogP contribution in [0.4, 0.5) is 0 Å². The van der Waals surface area contributed by atoms with Gasteiger partial charge in [-0.05, 0) is 19.8 Å². The topological polar surface area (TPSA) is 29.5 Å². The quantitative estimate of drug-likeness (QED) is 0.734. The predicted octanol–water partition coefficient (Wildman–Crippen LogP) is 2.58. The van der Waals surface area contributed by atoms with Crippen LogP contribution in [0.5, 0.6) is 0 Å². The molecule has 4 heteroatoms. The van der Waals surface area contributed by atoms with Crippen LogP contribution in [0.3, 0.4) is 0 Å². The lowest BCUT2D eigenvalue weighted by Crippen LogP contribution is -2.51. The summed E-state index contributed by atoms with van der Waals surface area (Å²) in [5, 5.41) is 0.811.